The third-order valence-corrected chi connectivity index (χ3v) is 2.30. The van der Waals surface area contributed by atoms with Crippen molar-refractivity contribution in [3.05, 3.63) is 11.1 Å². The fourth-order valence-corrected chi connectivity index (χ4v) is 1.30. The summed E-state index contributed by atoms with van der Waals surface area (Å²) in [5.74, 6) is -0.144. The van der Waals surface area contributed by atoms with Gasteiger partial charge in [-0.1, -0.05) is 6.92 Å². The van der Waals surface area contributed by atoms with Crippen LogP contribution in [-0.4, -0.2) is 11.6 Å². The van der Waals surface area contributed by atoms with Crippen molar-refractivity contribution in [2.24, 2.45) is 0 Å². The Morgan fingerprint density at radius 1 is 1.45 bits per heavy atom. The zero-order valence-electron chi connectivity index (χ0n) is 7.52. The van der Waals surface area contributed by atoms with E-state index in [1.165, 1.54) is 0 Å². The number of esters is 1. The number of ether oxygens (including phenoxy) is 1. The van der Waals surface area contributed by atoms with Gasteiger partial charge in [0.15, 0.2) is 0 Å². The third kappa shape index (κ3) is 1.17. The molecule has 0 fully saturated rings. The van der Waals surface area contributed by atoms with E-state index in [0.717, 1.165) is 17.6 Å². The average Bonchev–Trinajstić information content (AvgIpc) is 2.04. The van der Waals surface area contributed by atoms with Crippen molar-refractivity contribution in [3.8, 4) is 0 Å². The van der Waals surface area contributed by atoms with Gasteiger partial charge in [0.2, 0.25) is 0 Å². The molecule has 0 aromatic rings. The molecule has 0 bridgehead atoms. The Morgan fingerprint density at radius 2 is 2.00 bits per heavy atom. The topological polar surface area (TPSA) is 26.3 Å². The molecule has 0 saturated carbocycles. The monoisotopic (exact) mass is 154 g/mol. The molecule has 2 nitrogen and oxygen atoms in total. The van der Waals surface area contributed by atoms with E-state index in [9.17, 15) is 4.79 Å². The van der Waals surface area contributed by atoms with E-state index in [2.05, 4.69) is 0 Å². The summed E-state index contributed by atoms with van der Waals surface area (Å²) in [6.45, 7) is 7.77. The first-order valence-electron chi connectivity index (χ1n) is 3.92. The summed E-state index contributed by atoms with van der Waals surface area (Å²) in [6, 6.07) is 0. The minimum absolute atomic E-state index is 0.144. The maximum atomic E-state index is 11.2. The molecule has 0 N–H and O–H groups in total. The Bertz CT molecular complexity index is 224. The Labute approximate surface area is 67.2 Å². The average molecular weight is 154 g/mol. The Balaban J connectivity index is 3.05. The molecule has 11 heavy (non-hydrogen) atoms. The van der Waals surface area contributed by atoms with Crippen LogP contribution in [0.15, 0.2) is 11.1 Å². The molecule has 0 unspecified atom stereocenters. The summed E-state index contributed by atoms with van der Waals surface area (Å²) in [4.78, 5) is 11.2. The normalized spacial score (nSPS) is 22.4. The molecule has 0 aromatic heterocycles. The van der Waals surface area contributed by atoms with Crippen molar-refractivity contribution < 1.29 is 9.53 Å². The standard InChI is InChI=1S/C9H14O2/c1-5-7-6(2)9(3,4)11-8(7)10/h5H2,1-4H3. The minimum atomic E-state index is -0.373. The molecule has 1 aliphatic rings. The molecule has 1 rings (SSSR count). The van der Waals surface area contributed by atoms with Crippen LogP contribution in [0.4, 0.5) is 0 Å². The Kier molecular flexibility index (Phi) is 1.78. The van der Waals surface area contributed by atoms with Crippen molar-refractivity contribution in [3.63, 3.8) is 0 Å². The molecule has 62 valence electrons. The molecule has 1 aliphatic heterocycles. The maximum absolute atomic E-state index is 11.2. The molecule has 0 radical (unpaired) electrons. The highest BCUT2D eigenvalue weighted by atomic mass is 16.6. The van der Waals surface area contributed by atoms with Crippen LogP contribution in [0.25, 0.3) is 0 Å². The predicted octanol–water partition coefficient (Wildman–Crippen LogP) is 2.05. The zero-order valence-corrected chi connectivity index (χ0v) is 7.52. The minimum Gasteiger partial charge on any atom is -0.452 e. The summed E-state index contributed by atoms with van der Waals surface area (Å²) in [5, 5.41) is 0. The number of carbonyl (C=O) groups excluding carboxylic acids is 1. The molecule has 0 saturated heterocycles. The highest BCUT2D eigenvalue weighted by molar-refractivity contribution is 5.92. The number of hydrogen-bond donors (Lipinski definition) is 0. The molecule has 0 aliphatic carbocycles. The van der Waals surface area contributed by atoms with Crippen LogP contribution in [0.5, 0.6) is 0 Å². The van der Waals surface area contributed by atoms with Gasteiger partial charge >= 0.3 is 5.97 Å². The Morgan fingerprint density at radius 3 is 2.18 bits per heavy atom. The fraction of sp³-hybridized carbons (Fsp3) is 0.667. The van der Waals surface area contributed by atoms with E-state index in [-0.39, 0.29) is 11.6 Å². The van der Waals surface area contributed by atoms with Crippen molar-refractivity contribution in [2.45, 2.75) is 39.7 Å². The van der Waals surface area contributed by atoms with Crippen molar-refractivity contribution in [1.82, 2.24) is 0 Å². The van der Waals surface area contributed by atoms with Crippen LogP contribution in [0, 0.1) is 0 Å². The van der Waals surface area contributed by atoms with E-state index >= 15 is 0 Å². The molecular weight excluding hydrogens is 140 g/mol. The number of hydrogen-bond acceptors (Lipinski definition) is 2. The quantitative estimate of drug-likeness (QED) is 0.540. The second-order valence-corrected chi connectivity index (χ2v) is 3.36. The first kappa shape index (κ1) is 8.31. The summed E-state index contributed by atoms with van der Waals surface area (Å²) in [6.07, 6.45) is 0.772. The van der Waals surface area contributed by atoms with Gasteiger partial charge in [-0.05, 0) is 32.8 Å². The van der Waals surface area contributed by atoms with E-state index < -0.39 is 0 Å². The maximum Gasteiger partial charge on any atom is 0.334 e. The van der Waals surface area contributed by atoms with E-state index in [1.807, 2.05) is 27.7 Å². The zero-order chi connectivity index (χ0) is 8.65. The van der Waals surface area contributed by atoms with Crippen molar-refractivity contribution >= 4 is 5.97 Å². The van der Waals surface area contributed by atoms with Gasteiger partial charge in [-0.3, -0.25) is 0 Å². The molecule has 0 spiro atoms. The van der Waals surface area contributed by atoms with Gasteiger partial charge in [0.05, 0.1) is 0 Å². The third-order valence-electron chi connectivity index (χ3n) is 2.30. The molecule has 1 heterocycles. The lowest BCUT2D eigenvalue weighted by atomic mass is 9.97. The highest BCUT2D eigenvalue weighted by Crippen LogP contribution is 2.32. The highest BCUT2D eigenvalue weighted by Gasteiger charge is 2.36. The van der Waals surface area contributed by atoms with Gasteiger partial charge in [-0.25, -0.2) is 4.79 Å². The lowest BCUT2D eigenvalue weighted by molar-refractivity contribution is -0.144. The Hall–Kier alpha value is -0.790. The van der Waals surface area contributed by atoms with Gasteiger partial charge in [-0.2, -0.15) is 0 Å². The molecule has 0 amide bonds. The van der Waals surface area contributed by atoms with Crippen LogP contribution in [-0.2, 0) is 9.53 Å². The summed E-state index contributed by atoms with van der Waals surface area (Å²) in [5.41, 5.74) is 1.54. The molecule has 2 heteroatoms. The fourth-order valence-electron chi connectivity index (χ4n) is 1.30. The predicted molar refractivity (Wildman–Crippen MR) is 43.2 cm³/mol. The smallest absolute Gasteiger partial charge is 0.334 e. The van der Waals surface area contributed by atoms with Gasteiger partial charge in [0.1, 0.15) is 5.60 Å². The first-order chi connectivity index (χ1) is 4.99. The lowest BCUT2D eigenvalue weighted by Crippen LogP contribution is -2.21. The number of carbonyl (C=O) groups is 1. The summed E-state index contributed by atoms with van der Waals surface area (Å²) >= 11 is 0. The summed E-state index contributed by atoms with van der Waals surface area (Å²) < 4.78 is 5.15. The SMILES string of the molecule is CCC1=C(C)C(C)(C)OC1=O. The van der Waals surface area contributed by atoms with Crippen LogP contribution >= 0.6 is 0 Å². The molecule has 0 atom stereocenters. The van der Waals surface area contributed by atoms with Gasteiger partial charge in [0, 0.05) is 5.57 Å². The second kappa shape index (κ2) is 2.36. The van der Waals surface area contributed by atoms with Gasteiger partial charge in [0.25, 0.3) is 0 Å². The van der Waals surface area contributed by atoms with Crippen molar-refractivity contribution in [1.29, 1.82) is 0 Å². The van der Waals surface area contributed by atoms with E-state index in [0.29, 0.717) is 0 Å². The van der Waals surface area contributed by atoms with Gasteiger partial charge in [-0.15, -0.1) is 0 Å². The first-order valence-corrected chi connectivity index (χ1v) is 3.92. The van der Waals surface area contributed by atoms with Crippen molar-refractivity contribution in [2.75, 3.05) is 0 Å². The largest absolute Gasteiger partial charge is 0.452 e. The van der Waals surface area contributed by atoms with Crippen LogP contribution < -0.4 is 0 Å². The van der Waals surface area contributed by atoms with Crippen LogP contribution in [0.1, 0.15) is 34.1 Å². The number of rotatable bonds is 1. The van der Waals surface area contributed by atoms with E-state index in [4.69, 9.17) is 4.74 Å². The lowest BCUT2D eigenvalue weighted by Gasteiger charge is -2.18. The molecular formula is C9H14O2. The summed E-state index contributed by atoms with van der Waals surface area (Å²) in [7, 11) is 0. The van der Waals surface area contributed by atoms with Crippen LogP contribution in [0.3, 0.4) is 0 Å². The number of cyclic esters (lactones) is 1. The van der Waals surface area contributed by atoms with Gasteiger partial charge < -0.3 is 4.74 Å². The molecule has 0 aromatic carbocycles. The van der Waals surface area contributed by atoms with Crippen LogP contribution in [0.2, 0.25) is 0 Å². The second-order valence-electron chi connectivity index (χ2n) is 3.36. The van der Waals surface area contributed by atoms with E-state index in [1.54, 1.807) is 0 Å².